The number of carbonyl (C=O) groups is 1. The number of aromatic carboxylic acids is 1. The molecule has 0 fully saturated rings. The van der Waals surface area contributed by atoms with E-state index in [4.69, 9.17) is 5.11 Å². The van der Waals surface area contributed by atoms with Gasteiger partial charge in [-0.2, -0.15) is 0 Å². The molecule has 72 valence electrons. The first-order chi connectivity index (χ1) is 6.29. The summed E-state index contributed by atoms with van der Waals surface area (Å²) in [5, 5.41) is 10.6. The van der Waals surface area contributed by atoms with Crippen molar-refractivity contribution in [3.05, 3.63) is 48.0 Å². The van der Waals surface area contributed by atoms with E-state index >= 15 is 0 Å². The Kier molecular flexibility index (Phi) is 6.20. The Morgan fingerprint density at radius 3 is 2.27 bits per heavy atom. The third kappa shape index (κ3) is 3.08. The van der Waals surface area contributed by atoms with Crippen LogP contribution < -0.4 is 0 Å². The van der Waals surface area contributed by atoms with Gasteiger partial charge in [-0.25, -0.2) is 4.79 Å². The maximum atomic E-state index is 10.8. The molecular formula is C11H12AlNaO2. The van der Waals surface area contributed by atoms with E-state index in [1.165, 1.54) is 0 Å². The first kappa shape index (κ1) is 14.7. The van der Waals surface area contributed by atoms with E-state index < -0.39 is 5.97 Å². The monoisotopic (exact) mass is 226 g/mol. The predicted molar refractivity (Wildman–Crippen MR) is 68.0 cm³/mol. The summed E-state index contributed by atoms with van der Waals surface area (Å²) in [4.78, 5) is 10.8. The van der Waals surface area contributed by atoms with Crippen molar-refractivity contribution in [3.63, 3.8) is 0 Å². The topological polar surface area (TPSA) is 37.3 Å². The van der Waals surface area contributed by atoms with Gasteiger partial charge in [0.15, 0.2) is 17.4 Å². The van der Waals surface area contributed by atoms with Gasteiger partial charge >= 0.3 is 35.5 Å². The number of carboxylic acid groups (broad SMARTS) is 1. The van der Waals surface area contributed by atoms with Crippen LogP contribution in [-0.2, 0) is 0 Å². The summed E-state index contributed by atoms with van der Waals surface area (Å²) in [6, 6.07) is 12.7. The second-order valence-electron chi connectivity index (χ2n) is 2.83. The number of benzene rings is 2. The molecule has 0 heterocycles. The van der Waals surface area contributed by atoms with Gasteiger partial charge in [0.25, 0.3) is 0 Å². The molecule has 0 atom stereocenters. The molecule has 0 unspecified atom stereocenters. The van der Waals surface area contributed by atoms with Gasteiger partial charge in [0.05, 0.1) is 5.56 Å². The molecule has 2 aromatic rings. The van der Waals surface area contributed by atoms with Crippen molar-refractivity contribution >= 4 is 63.7 Å². The number of carboxylic acids is 1. The number of hydrogen-bond donors (Lipinski definition) is 1. The molecule has 0 aliphatic rings. The summed E-state index contributed by atoms with van der Waals surface area (Å²) in [6.45, 7) is 0. The average Bonchev–Trinajstić information content (AvgIpc) is 2.17. The minimum absolute atomic E-state index is 0. The van der Waals surface area contributed by atoms with Crippen LogP contribution >= 0.6 is 0 Å². The van der Waals surface area contributed by atoms with E-state index in [-0.39, 0.29) is 46.9 Å². The summed E-state index contributed by atoms with van der Waals surface area (Å²) in [5.74, 6) is -0.878. The molecule has 0 bridgehead atoms. The van der Waals surface area contributed by atoms with Crippen molar-refractivity contribution < 1.29 is 9.90 Å². The van der Waals surface area contributed by atoms with E-state index in [9.17, 15) is 4.79 Å². The molecule has 0 spiro atoms. The molecule has 4 heteroatoms. The van der Waals surface area contributed by atoms with Crippen molar-refractivity contribution in [3.8, 4) is 0 Å². The molecule has 0 aliphatic carbocycles. The van der Waals surface area contributed by atoms with Gasteiger partial charge in [-0.05, 0) is 16.8 Å². The van der Waals surface area contributed by atoms with E-state index in [0.717, 1.165) is 10.8 Å². The van der Waals surface area contributed by atoms with Gasteiger partial charge in [0.1, 0.15) is 0 Å². The Hall–Kier alpha value is -0.298. The third-order valence-electron chi connectivity index (χ3n) is 2.02. The summed E-state index contributed by atoms with van der Waals surface area (Å²) < 4.78 is 0. The first-order valence-electron chi connectivity index (χ1n) is 4.00. The van der Waals surface area contributed by atoms with Gasteiger partial charge < -0.3 is 5.11 Å². The minimum atomic E-state index is -0.878. The number of rotatable bonds is 1. The molecular weight excluding hydrogens is 214 g/mol. The second kappa shape index (κ2) is 6.32. The summed E-state index contributed by atoms with van der Waals surface area (Å²) >= 11 is 0. The molecule has 0 radical (unpaired) electrons. The van der Waals surface area contributed by atoms with Gasteiger partial charge in [-0.3, -0.25) is 0 Å². The van der Waals surface area contributed by atoms with Gasteiger partial charge in [-0.15, -0.1) is 0 Å². The number of fused-ring (bicyclic) bond motifs is 1. The van der Waals surface area contributed by atoms with Crippen LogP contribution in [0.4, 0.5) is 0 Å². The molecule has 2 rings (SSSR count). The van der Waals surface area contributed by atoms with Gasteiger partial charge in [-0.1, -0.05) is 36.4 Å². The van der Waals surface area contributed by atoms with Crippen molar-refractivity contribution in [2.24, 2.45) is 0 Å². The van der Waals surface area contributed by atoms with Crippen LogP contribution in [0.15, 0.2) is 42.5 Å². The first-order valence-corrected chi connectivity index (χ1v) is 4.00. The summed E-state index contributed by atoms with van der Waals surface area (Å²) in [7, 11) is 0. The molecule has 2 aromatic carbocycles. The fourth-order valence-electron chi connectivity index (χ4n) is 1.41. The van der Waals surface area contributed by atoms with Crippen LogP contribution in [0, 0.1) is 0 Å². The van der Waals surface area contributed by atoms with Crippen LogP contribution in [0.1, 0.15) is 10.4 Å². The zero-order valence-corrected chi connectivity index (χ0v) is 6.90. The zero-order valence-electron chi connectivity index (χ0n) is 6.90. The van der Waals surface area contributed by atoms with E-state index in [1.807, 2.05) is 30.3 Å². The molecule has 1 N–H and O–H groups in total. The average molecular weight is 226 g/mol. The van der Waals surface area contributed by atoms with E-state index in [0.29, 0.717) is 5.56 Å². The third-order valence-corrected chi connectivity index (χ3v) is 2.02. The van der Waals surface area contributed by atoms with E-state index in [2.05, 4.69) is 0 Å². The van der Waals surface area contributed by atoms with Crippen molar-refractivity contribution in [1.82, 2.24) is 0 Å². The van der Waals surface area contributed by atoms with Gasteiger partial charge in [0, 0.05) is 0 Å². The quantitative estimate of drug-likeness (QED) is 0.727. The van der Waals surface area contributed by atoms with Crippen LogP contribution in [0.25, 0.3) is 10.8 Å². The van der Waals surface area contributed by atoms with Gasteiger partial charge in [0.2, 0.25) is 0 Å². The Morgan fingerprint density at radius 2 is 1.60 bits per heavy atom. The Bertz CT molecular complexity index is 466. The van der Waals surface area contributed by atoms with Crippen molar-refractivity contribution in [2.45, 2.75) is 0 Å². The van der Waals surface area contributed by atoms with Crippen LogP contribution in [0.3, 0.4) is 0 Å². The Labute approximate surface area is 121 Å². The van der Waals surface area contributed by atoms with E-state index in [1.54, 1.807) is 12.1 Å². The summed E-state index contributed by atoms with van der Waals surface area (Å²) in [6.07, 6.45) is 0. The molecule has 0 saturated carbocycles. The standard InChI is InChI=1S/C11H8O2.Al.Na.4H/c12-11(13)10-7-3-5-8-4-1-2-6-9(8)10;;;;;;/h1-7H,(H,12,13);;;;;;. The van der Waals surface area contributed by atoms with Crippen LogP contribution in [0.5, 0.6) is 0 Å². The molecule has 0 aliphatic heterocycles. The zero-order chi connectivity index (χ0) is 9.26. The molecule has 0 aromatic heterocycles. The maximum absolute atomic E-state index is 10.8. The molecule has 15 heavy (non-hydrogen) atoms. The normalized spacial score (nSPS) is 8.80. The second-order valence-corrected chi connectivity index (χ2v) is 2.83. The predicted octanol–water partition coefficient (Wildman–Crippen LogP) is 0.706. The van der Waals surface area contributed by atoms with Crippen molar-refractivity contribution in [2.75, 3.05) is 0 Å². The fourth-order valence-corrected chi connectivity index (χ4v) is 1.41. The molecule has 2 nitrogen and oxygen atoms in total. The molecule has 0 amide bonds. The Morgan fingerprint density at radius 1 is 1.00 bits per heavy atom. The van der Waals surface area contributed by atoms with Crippen LogP contribution in [-0.4, -0.2) is 58.0 Å². The Balaban J connectivity index is 0.000000980. The SMILES string of the molecule is O=C(O)c1cccc2ccccc12.[AlH3].[NaH]. The van der Waals surface area contributed by atoms with Crippen LogP contribution in [0.2, 0.25) is 0 Å². The summed E-state index contributed by atoms with van der Waals surface area (Å²) in [5.41, 5.74) is 0.359. The molecule has 0 saturated heterocycles. The number of hydrogen-bond acceptors (Lipinski definition) is 1. The fraction of sp³-hybridized carbons (Fsp3) is 0. The van der Waals surface area contributed by atoms with Crippen molar-refractivity contribution in [1.29, 1.82) is 0 Å².